The molecule has 2 N–H and O–H groups in total. The maximum Gasteiger partial charge on any atom is 0.338 e. The van der Waals surface area contributed by atoms with Gasteiger partial charge in [0.1, 0.15) is 5.01 Å². The van der Waals surface area contributed by atoms with Gasteiger partial charge in [0.05, 0.1) is 17.8 Å². The Morgan fingerprint density at radius 1 is 1.50 bits per heavy atom. The van der Waals surface area contributed by atoms with E-state index in [0.29, 0.717) is 17.8 Å². The van der Waals surface area contributed by atoms with Crippen molar-refractivity contribution in [3.63, 3.8) is 0 Å². The van der Waals surface area contributed by atoms with Crippen LogP contribution in [0.2, 0.25) is 0 Å². The average molecular weight is 308 g/mol. The zero-order valence-electron chi connectivity index (χ0n) is 11.3. The molecule has 0 aliphatic heterocycles. The van der Waals surface area contributed by atoms with Crippen molar-refractivity contribution in [1.82, 2.24) is 4.98 Å². The highest BCUT2D eigenvalue weighted by Gasteiger charge is 2.15. The van der Waals surface area contributed by atoms with Crippen molar-refractivity contribution in [3.8, 4) is 0 Å². The van der Waals surface area contributed by atoms with Gasteiger partial charge < -0.3 is 10.4 Å². The summed E-state index contributed by atoms with van der Waals surface area (Å²) in [5.41, 5.74) is 0.963. The molecule has 0 aliphatic rings. The molecule has 2 aromatic rings. The fraction of sp³-hybridized carbons (Fsp3) is 0.286. The van der Waals surface area contributed by atoms with Gasteiger partial charge in [-0.3, -0.25) is 0 Å². The monoisotopic (exact) mass is 308 g/mol. The number of hydrogen-bond donors (Lipinski definition) is 2. The van der Waals surface area contributed by atoms with Gasteiger partial charge in [-0.05, 0) is 24.8 Å². The smallest absolute Gasteiger partial charge is 0.338 e. The number of nitrogens with zero attached hydrogens (tertiary/aromatic N) is 1. The van der Waals surface area contributed by atoms with Crippen LogP contribution in [0.3, 0.4) is 0 Å². The van der Waals surface area contributed by atoms with Gasteiger partial charge in [-0.25, -0.2) is 9.78 Å². The fourth-order valence-electron chi connectivity index (χ4n) is 1.83. The summed E-state index contributed by atoms with van der Waals surface area (Å²) in [6.45, 7) is 2.64. The molecule has 1 aromatic carbocycles. The highest BCUT2D eigenvalue weighted by molar-refractivity contribution is 7.98. The number of aromatic nitrogens is 1. The van der Waals surface area contributed by atoms with Gasteiger partial charge in [0, 0.05) is 16.0 Å². The number of rotatable bonds is 6. The molecule has 0 unspecified atom stereocenters. The second-order valence-corrected chi connectivity index (χ2v) is 6.16. The SMILES string of the molecule is CCc1cnc(CNc2cccc(SC)c2C(=O)O)s1. The number of anilines is 1. The minimum absolute atomic E-state index is 0.326. The normalized spacial score (nSPS) is 10.5. The van der Waals surface area contributed by atoms with Crippen LogP contribution in [-0.2, 0) is 13.0 Å². The van der Waals surface area contributed by atoms with Gasteiger partial charge in [0.2, 0.25) is 0 Å². The number of hydrogen-bond acceptors (Lipinski definition) is 5. The molecule has 0 aliphatic carbocycles. The van der Waals surface area contributed by atoms with Crippen molar-refractivity contribution < 1.29 is 9.90 Å². The number of nitrogens with one attached hydrogen (secondary N) is 1. The number of carboxylic acids is 1. The van der Waals surface area contributed by atoms with Crippen LogP contribution in [0.5, 0.6) is 0 Å². The summed E-state index contributed by atoms with van der Waals surface area (Å²) in [6, 6.07) is 5.47. The molecule has 106 valence electrons. The van der Waals surface area contributed by atoms with Crippen molar-refractivity contribution in [2.75, 3.05) is 11.6 Å². The lowest BCUT2D eigenvalue weighted by atomic mass is 10.2. The Labute approximate surface area is 126 Å². The Kier molecular flexibility index (Phi) is 5.03. The van der Waals surface area contributed by atoms with E-state index < -0.39 is 5.97 Å². The van der Waals surface area contributed by atoms with Gasteiger partial charge in [-0.2, -0.15) is 0 Å². The minimum Gasteiger partial charge on any atom is -0.478 e. The lowest BCUT2D eigenvalue weighted by Crippen LogP contribution is -2.07. The Hall–Kier alpha value is -1.53. The molecule has 0 fully saturated rings. The molecule has 0 saturated heterocycles. The van der Waals surface area contributed by atoms with Gasteiger partial charge in [0.25, 0.3) is 0 Å². The Morgan fingerprint density at radius 3 is 2.90 bits per heavy atom. The molecular formula is C14H16N2O2S2. The van der Waals surface area contributed by atoms with Gasteiger partial charge in [-0.1, -0.05) is 13.0 Å². The molecule has 1 heterocycles. The summed E-state index contributed by atoms with van der Waals surface area (Å²) >= 11 is 3.08. The largest absolute Gasteiger partial charge is 0.478 e. The van der Waals surface area contributed by atoms with Crippen LogP contribution in [0.1, 0.15) is 27.2 Å². The van der Waals surface area contributed by atoms with E-state index in [4.69, 9.17) is 0 Å². The third-order valence-corrected chi connectivity index (χ3v) is 4.76. The summed E-state index contributed by atoms with van der Waals surface area (Å²) in [6.07, 6.45) is 4.72. The number of thioether (sulfide) groups is 1. The third-order valence-electron chi connectivity index (χ3n) is 2.84. The summed E-state index contributed by atoms with van der Waals surface area (Å²) < 4.78 is 0. The molecule has 2 rings (SSSR count). The van der Waals surface area contributed by atoms with Crippen LogP contribution in [-0.4, -0.2) is 22.3 Å². The zero-order chi connectivity index (χ0) is 14.5. The van der Waals surface area contributed by atoms with Crippen LogP contribution >= 0.6 is 23.1 Å². The topological polar surface area (TPSA) is 62.2 Å². The first-order valence-electron chi connectivity index (χ1n) is 6.23. The average Bonchev–Trinajstić information content (AvgIpc) is 2.92. The Bertz CT molecular complexity index is 611. The number of aromatic carboxylic acids is 1. The second-order valence-electron chi connectivity index (χ2n) is 4.12. The number of carbonyl (C=O) groups is 1. The van der Waals surface area contributed by atoms with E-state index in [1.54, 1.807) is 17.4 Å². The van der Waals surface area contributed by atoms with Crippen molar-refractivity contribution in [1.29, 1.82) is 0 Å². The number of thiazole rings is 1. The van der Waals surface area contributed by atoms with Crippen molar-refractivity contribution in [3.05, 3.63) is 39.8 Å². The van der Waals surface area contributed by atoms with E-state index in [9.17, 15) is 9.90 Å². The molecule has 20 heavy (non-hydrogen) atoms. The van der Waals surface area contributed by atoms with E-state index in [2.05, 4.69) is 17.2 Å². The van der Waals surface area contributed by atoms with Gasteiger partial charge >= 0.3 is 5.97 Å². The van der Waals surface area contributed by atoms with Crippen LogP contribution < -0.4 is 5.32 Å². The number of aryl methyl sites for hydroxylation is 1. The lowest BCUT2D eigenvalue weighted by Gasteiger charge is -2.11. The minimum atomic E-state index is -0.911. The zero-order valence-corrected chi connectivity index (χ0v) is 13.0. The van der Waals surface area contributed by atoms with Crippen molar-refractivity contribution in [2.24, 2.45) is 0 Å². The van der Waals surface area contributed by atoms with Gasteiger partial charge in [0.15, 0.2) is 0 Å². The maximum absolute atomic E-state index is 11.4. The molecule has 0 atom stereocenters. The predicted octanol–water partition coefficient (Wildman–Crippen LogP) is 3.74. The van der Waals surface area contributed by atoms with E-state index in [-0.39, 0.29) is 0 Å². The first-order chi connectivity index (χ1) is 9.65. The van der Waals surface area contributed by atoms with Crippen LogP contribution in [0.25, 0.3) is 0 Å². The lowest BCUT2D eigenvalue weighted by molar-refractivity contribution is 0.0694. The van der Waals surface area contributed by atoms with Crippen molar-refractivity contribution in [2.45, 2.75) is 24.8 Å². The van der Waals surface area contributed by atoms with Crippen LogP contribution in [0.15, 0.2) is 29.3 Å². The molecule has 6 heteroatoms. The van der Waals surface area contributed by atoms with Crippen molar-refractivity contribution >= 4 is 34.8 Å². The third kappa shape index (κ3) is 3.32. The highest BCUT2D eigenvalue weighted by atomic mass is 32.2. The molecule has 0 radical (unpaired) electrons. The first kappa shape index (κ1) is 14.9. The summed E-state index contributed by atoms with van der Waals surface area (Å²) in [7, 11) is 0. The molecular weight excluding hydrogens is 292 g/mol. The van der Waals surface area contributed by atoms with Crippen LogP contribution in [0.4, 0.5) is 5.69 Å². The molecule has 0 bridgehead atoms. The van der Waals surface area contributed by atoms with E-state index in [0.717, 1.165) is 16.3 Å². The van der Waals surface area contributed by atoms with E-state index >= 15 is 0 Å². The number of benzene rings is 1. The Morgan fingerprint density at radius 2 is 2.30 bits per heavy atom. The Balaban J connectivity index is 2.18. The standard InChI is InChI=1S/C14H16N2O2S2/c1-3-9-7-16-12(20-9)8-15-10-5-4-6-11(19-2)13(10)14(17)18/h4-7,15H,3,8H2,1-2H3,(H,17,18). The van der Waals surface area contributed by atoms with E-state index in [1.165, 1.54) is 16.6 Å². The quantitative estimate of drug-likeness (QED) is 0.796. The molecule has 0 amide bonds. The fourth-order valence-corrected chi connectivity index (χ4v) is 3.25. The van der Waals surface area contributed by atoms with Gasteiger partial charge in [-0.15, -0.1) is 23.1 Å². The number of carboxylic acid groups (broad SMARTS) is 1. The highest BCUT2D eigenvalue weighted by Crippen LogP contribution is 2.27. The molecule has 4 nitrogen and oxygen atoms in total. The van der Waals surface area contributed by atoms with E-state index in [1.807, 2.05) is 24.6 Å². The summed E-state index contributed by atoms with van der Waals surface area (Å²) in [4.78, 5) is 17.7. The molecule has 0 spiro atoms. The summed E-state index contributed by atoms with van der Waals surface area (Å²) in [5.74, 6) is -0.911. The predicted molar refractivity (Wildman–Crippen MR) is 84.0 cm³/mol. The first-order valence-corrected chi connectivity index (χ1v) is 8.27. The van der Waals surface area contributed by atoms with Crippen LogP contribution in [0, 0.1) is 0 Å². The summed E-state index contributed by atoms with van der Waals surface area (Å²) in [5, 5.41) is 13.5. The maximum atomic E-state index is 11.4. The molecule has 0 saturated carbocycles. The second kappa shape index (κ2) is 6.76. The molecule has 1 aromatic heterocycles.